The normalized spacial score (nSPS) is 11.1. The van der Waals surface area contributed by atoms with E-state index in [1.54, 1.807) is 0 Å². The molecular formula is C9H13FOSi. The summed E-state index contributed by atoms with van der Waals surface area (Å²) in [5, 5.41) is 0. The molecule has 0 fully saturated rings. The summed E-state index contributed by atoms with van der Waals surface area (Å²) < 4.78 is 16.8. The van der Waals surface area contributed by atoms with E-state index in [4.69, 9.17) is 4.43 Å². The van der Waals surface area contributed by atoms with E-state index in [1.807, 2.05) is 18.2 Å². The van der Waals surface area contributed by atoms with E-state index in [1.165, 1.54) is 5.56 Å². The van der Waals surface area contributed by atoms with Crippen LogP contribution in [0, 0.1) is 0 Å². The van der Waals surface area contributed by atoms with Gasteiger partial charge in [-0.25, -0.2) is 4.39 Å². The summed E-state index contributed by atoms with van der Waals surface area (Å²) >= 11 is 0. The Morgan fingerprint density at radius 1 is 1.25 bits per heavy atom. The molecular weight excluding hydrogens is 171 g/mol. The van der Waals surface area contributed by atoms with Crippen LogP contribution in [-0.4, -0.2) is 23.0 Å². The van der Waals surface area contributed by atoms with E-state index in [0.717, 1.165) is 6.04 Å². The number of halogens is 1. The van der Waals surface area contributed by atoms with Gasteiger partial charge in [-0.05, 0) is 11.6 Å². The first-order valence-corrected chi connectivity index (χ1v) is 5.69. The van der Waals surface area contributed by atoms with E-state index in [-0.39, 0.29) is 13.3 Å². The van der Waals surface area contributed by atoms with E-state index < -0.39 is 9.76 Å². The summed E-state index contributed by atoms with van der Waals surface area (Å²) in [6.45, 7) is -0.0825. The molecule has 0 radical (unpaired) electrons. The van der Waals surface area contributed by atoms with Gasteiger partial charge in [0, 0.05) is 0 Å². The topological polar surface area (TPSA) is 9.23 Å². The van der Waals surface area contributed by atoms with Crippen LogP contribution in [0.25, 0.3) is 0 Å². The molecule has 0 N–H and O–H groups in total. The van der Waals surface area contributed by atoms with Crippen molar-refractivity contribution in [1.29, 1.82) is 0 Å². The molecule has 0 saturated heterocycles. The van der Waals surface area contributed by atoms with Crippen LogP contribution >= 0.6 is 0 Å². The Kier molecular flexibility index (Phi) is 4.64. The molecule has 0 saturated carbocycles. The summed E-state index contributed by atoms with van der Waals surface area (Å²) in [7, 11) is -0.538. The molecule has 1 rings (SSSR count). The second kappa shape index (κ2) is 5.91. The van der Waals surface area contributed by atoms with E-state index in [2.05, 4.69) is 12.1 Å². The fourth-order valence-electron chi connectivity index (χ4n) is 0.991. The Labute approximate surface area is 74.5 Å². The van der Waals surface area contributed by atoms with Crippen molar-refractivity contribution in [3.8, 4) is 0 Å². The predicted molar refractivity (Wildman–Crippen MR) is 50.6 cm³/mol. The van der Waals surface area contributed by atoms with Gasteiger partial charge in [-0.3, -0.25) is 0 Å². The third-order valence-corrected chi connectivity index (χ3v) is 2.96. The molecule has 0 heterocycles. The van der Waals surface area contributed by atoms with Gasteiger partial charge in [0.2, 0.25) is 0 Å². The Balaban J connectivity index is 2.16. The lowest BCUT2D eigenvalue weighted by atomic mass is 10.2. The van der Waals surface area contributed by atoms with Gasteiger partial charge in [-0.1, -0.05) is 30.3 Å². The van der Waals surface area contributed by atoms with Crippen molar-refractivity contribution in [3.63, 3.8) is 0 Å². The lowest BCUT2D eigenvalue weighted by molar-refractivity contribution is 0.284. The van der Waals surface area contributed by atoms with E-state index in [0.29, 0.717) is 0 Å². The fraction of sp³-hybridized carbons (Fsp3) is 0.333. The van der Waals surface area contributed by atoms with Crippen LogP contribution in [0.5, 0.6) is 0 Å². The van der Waals surface area contributed by atoms with Crippen LogP contribution in [0.3, 0.4) is 0 Å². The number of alkyl halides is 1. The van der Waals surface area contributed by atoms with Gasteiger partial charge in [-0.15, -0.1) is 0 Å². The molecule has 0 aliphatic heterocycles. The molecule has 0 aliphatic carbocycles. The molecule has 66 valence electrons. The molecule has 1 nitrogen and oxygen atoms in total. The van der Waals surface area contributed by atoms with Crippen LogP contribution in [0.2, 0.25) is 0 Å². The van der Waals surface area contributed by atoms with E-state index in [9.17, 15) is 4.39 Å². The standard InChI is InChI=1S/C9H13FOSi/c10-6-7-11-12-8-9-4-2-1-3-5-9/h1-5H,6-8,12H2. The lowest BCUT2D eigenvalue weighted by Crippen LogP contribution is -2.05. The molecule has 12 heavy (non-hydrogen) atoms. The second-order valence-electron chi connectivity index (χ2n) is 2.54. The summed E-state index contributed by atoms with van der Waals surface area (Å²) in [6, 6.07) is 11.2. The largest absolute Gasteiger partial charge is 0.421 e. The zero-order chi connectivity index (χ0) is 8.65. The Bertz CT molecular complexity index is 203. The quantitative estimate of drug-likeness (QED) is 0.494. The van der Waals surface area contributed by atoms with Gasteiger partial charge in [0.05, 0.1) is 6.61 Å². The molecule has 0 bridgehead atoms. The van der Waals surface area contributed by atoms with Gasteiger partial charge in [0.15, 0.2) is 9.76 Å². The monoisotopic (exact) mass is 184 g/mol. The molecule has 0 aromatic heterocycles. The highest BCUT2D eigenvalue weighted by Gasteiger charge is 1.92. The van der Waals surface area contributed by atoms with Gasteiger partial charge >= 0.3 is 0 Å². The summed E-state index contributed by atoms with van der Waals surface area (Å²) in [6.07, 6.45) is 0. The Morgan fingerprint density at radius 3 is 2.67 bits per heavy atom. The van der Waals surface area contributed by atoms with Crippen LogP contribution in [0.4, 0.5) is 4.39 Å². The average Bonchev–Trinajstić information content (AvgIpc) is 2.14. The molecule has 0 spiro atoms. The minimum atomic E-state index is -0.538. The highest BCUT2D eigenvalue weighted by atomic mass is 28.2. The molecule has 0 unspecified atom stereocenters. The lowest BCUT2D eigenvalue weighted by Gasteiger charge is -2.00. The molecule has 0 amide bonds. The Morgan fingerprint density at radius 2 is 2.00 bits per heavy atom. The fourth-order valence-corrected chi connectivity index (χ4v) is 2.02. The van der Waals surface area contributed by atoms with Gasteiger partial charge < -0.3 is 4.43 Å². The molecule has 0 atom stereocenters. The first-order chi connectivity index (χ1) is 5.93. The van der Waals surface area contributed by atoms with Crippen molar-refractivity contribution in [2.45, 2.75) is 6.04 Å². The van der Waals surface area contributed by atoms with Crippen LogP contribution in [0.1, 0.15) is 5.56 Å². The minimum absolute atomic E-state index is 0.277. The van der Waals surface area contributed by atoms with Crippen molar-refractivity contribution >= 4 is 9.76 Å². The summed E-state index contributed by atoms with van der Waals surface area (Å²) in [4.78, 5) is 0. The number of hydrogen-bond acceptors (Lipinski definition) is 1. The maximum atomic E-state index is 11.6. The van der Waals surface area contributed by atoms with Crippen molar-refractivity contribution in [3.05, 3.63) is 35.9 Å². The van der Waals surface area contributed by atoms with Crippen molar-refractivity contribution in [1.82, 2.24) is 0 Å². The SMILES string of the molecule is FCCO[SiH2]Cc1ccccc1. The zero-order valence-electron chi connectivity index (χ0n) is 7.00. The highest BCUT2D eigenvalue weighted by molar-refractivity contribution is 6.26. The summed E-state index contributed by atoms with van der Waals surface area (Å²) in [5.41, 5.74) is 1.29. The van der Waals surface area contributed by atoms with Crippen LogP contribution in [-0.2, 0) is 10.5 Å². The van der Waals surface area contributed by atoms with Gasteiger partial charge in [0.1, 0.15) is 6.67 Å². The summed E-state index contributed by atoms with van der Waals surface area (Å²) in [5.74, 6) is 0. The molecule has 1 aromatic carbocycles. The van der Waals surface area contributed by atoms with Crippen LogP contribution in [0.15, 0.2) is 30.3 Å². The van der Waals surface area contributed by atoms with Crippen molar-refractivity contribution in [2.75, 3.05) is 13.3 Å². The number of benzene rings is 1. The van der Waals surface area contributed by atoms with Gasteiger partial charge in [-0.2, -0.15) is 0 Å². The Hall–Kier alpha value is -0.673. The third kappa shape index (κ3) is 3.64. The molecule has 1 aromatic rings. The zero-order valence-corrected chi connectivity index (χ0v) is 8.42. The highest BCUT2D eigenvalue weighted by Crippen LogP contribution is 1.97. The second-order valence-corrected chi connectivity index (χ2v) is 3.85. The third-order valence-electron chi connectivity index (χ3n) is 1.60. The van der Waals surface area contributed by atoms with Gasteiger partial charge in [0.25, 0.3) is 0 Å². The number of hydrogen-bond donors (Lipinski definition) is 0. The number of rotatable bonds is 5. The predicted octanol–water partition coefficient (Wildman–Crippen LogP) is 1.26. The first-order valence-electron chi connectivity index (χ1n) is 4.11. The van der Waals surface area contributed by atoms with Crippen LogP contribution < -0.4 is 0 Å². The maximum Gasteiger partial charge on any atom is 0.166 e. The van der Waals surface area contributed by atoms with Crippen molar-refractivity contribution in [2.24, 2.45) is 0 Å². The van der Waals surface area contributed by atoms with Crippen molar-refractivity contribution < 1.29 is 8.82 Å². The smallest absolute Gasteiger partial charge is 0.166 e. The maximum absolute atomic E-state index is 11.6. The first kappa shape index (κ1) is 9.42. The average molecular weight is 184 g/mol. The molecule has 0 aliphatic rings. The van der Waals surface area contributed by atoms with E-state index >= 15 is 0 Å². The molecule has 3 heteroatoms. The minimum Gasteiger partial charge on any atom is -0.421 e.